The zero-order chi connectivity index (χ0) is 19.4. The highest BCUT2D eigenvalue weighted by molar-refractivity contribution is 6.26. The maximum Gasteiger partial charge on any atom is 0.328 e. The number of benzene rings is 4. The summed E-state index contributed by atoms with van der Waals surface area (Å²) < 4.78 is 1.17. The van der Waals surface area contributed by atoms with E-state index in [1.165, 1.54) is 17.8 Å². The van der Waals surface area contributed by atoms with Gasteiger partial charge in [-0.1, -0.05) is 48.5 Å². The lowest BCUT2D eigenvalue weighted by Crippen LogP contribution is -2.33. The third kappa shape index (κ3) is 2.31. The van der Waals surface area contributed by atoms with Gasteiger partial charge in [0.2, 0.25) is 0 Å². The van der Waals surface area contributed by atoms with Crippen molar-refractivity contribution in [3.8, 4) is 0 Å². The van der Waals surface area contributed by atoms with Crippen LogP contribution in [-0.4, -0.2) is 15.5 Å². The molecule has 0 unspecified atom stereocenters. The van der Waals surface area contributed by atoms with Crippen LogP contribution in [0.1, 0.15) is 10.4 Å². The van der Waals surface area contributed by atoms with Gasteiger partial charge in [-0.15, -0.1) is 0 Å². The molecule has 0 aliphatic rings. The molecule has 0 saturated carbocycles. The number of carbonyl (C=O) groups is 1. The van der Waals surface area contributed by atoms with Crippen LogP contribution < -0.4 is 16.6 Å². The summed E-state index contributed by atoms with van der Waals surface area (Å²) in [5, 5.41) is 9.29. The van der Waals surface area contributed by atoms with E-state index in [1.54, 1.807) is 0 Å². The lowest BCUT2D eigenvalue weighted by molar-refractivity contribution is 0.102. The fourth-order valence-corrected chi connectivity index (χ4v) is 3.76. The first-order chi connectivity index (χ1) is 13.5. The molecule has 4 aromatic carbocycles. The number of rotatable bonds is 2. The van der Waals surface area contributed by atoms with Crippen LogP contribution in [0.15, 0.2) is 70.4 Å². The summed E-state index contributed by atoms with van der Waals surface area (Å²) in [6.45, 7) is 0. The van der Waals surface area contributed by atoms with E-state index >= 15 is 0 Å². The van der Waals surface area contributed by atoms with Gasteiger partial charge >= 0.3 is 5.69 Å². The van der Waals surface area contributed by atoms with Gasteiger partial charge < -0.3 is 9.88 Å². The molecular weight excluding hydrogens is 354 g/mol. The van der Waals surface area contributed by atoms with Gasteiger partial charge in [-0.3, -0.25) is 14.6 Å². The average Bonchev–Trinajstić information content (AvgIpc) is 2.70. The first-order valence-electron chi connectivity index (χ1n) is 8.81. The number of aromatic amines is 1. The molecule has 28 heavy (non-hydrogen) atoms. The highest BCUT2D eigenvalue weighted by Gasteiger charge is 2.16. The number of hydrogen-bond acceptors (Lipinski definition) is 3. The van der Waals surface area contributed by atoms with Crippen molar-refractivity contribution in [1.82, 2.24) is 9.55 Å². The van der Waals surface area contributed by atoms with Gasteiger partial charge in [0.05, 0.1) is 0 Å². The molecule has 0 aliphatic carbocycles. The lowest BCUT2D eigenvalue weighted by atomic mass is 9.93. The number of hydrogen-bond donors (Lipinski definition) is 2. The SMILES string of the molecule is Cn1cc(C(=O)Nc2ccc3ccc4cccc5ccc2c3c45)c(=O)[nH]c1=O. The summed E-state index contributed by atoms with van der Waals surface area (Å²) >= 11 is 0. The van der Waals surface area contributed by atoms with E-state index in [9.17, 15) is 14.4 Å². The Hall–Kier alpha value is -3.93. The van der Waals surface area contributed by atoms with E-state index in [1.807, 2.05) is 30.3 Å². The second kappa shape index (κ2) is 5.79. The van der Waals surface area contributed by atoms with Crippen molar-refractivity contribution in [1.29, 1.82) is 0 Å². The Balaban J connectivity index is 1.69. The van der Waals surface area contributed by atoms with Crippen molar-refractivity contribution < 1.29 is 4.79 Å². The van der Waals surface area contributed by atoms with Gasteiger partial charge in [0, 0.05) is 24.3 Å². The second-order valence-corrected chi connectivity index (χ2v) is 6.84. The summed E-state index contributed by atoms with van der Waals surface area (Å²) in [4.78, 5) is 38.4. The predicted molar refractivity (Wildman–Crippen MR) is 110 cm³/mol. The molecule has 0 radical (unpaired) electrons. The van der Waals surface area contributed by atoms with Gasteiger partial charge in [-0.05, 0) is 33.0 Å². The van der Waals surface area contributed by atoms with Crippen LogP contribution >= 0.6 is 0 Å². The molecule has 6 heteroatoms. The number of aromatic nitrogens is 2. The van der Waals surface area contributed by atoms with Gasteiger partial charge in [0.1, 0.15) is 5.56 Å². The van der Waals surface area contributed by atoms with E-state index in [-0.39, 0.29) is 5.56 Å². The standard InChI is InChI=1S/C22H15N3O3/c1-25-11-16(21(27)24-22(25)28)20(26)23-17-10-8-14-6-5-12-3-2-4-13-7-9-15(17)19(14)18(12)13/h2-11H,1H3,(H,23,26)(H,24,27,28). The minimum atomic E-state index is -0.710. The number of anilines is 1. The van der Waals surface area contributed by atoms with E-state index in [2.05, 4.69) is 34.6 Å². The van der Waals surface area contributed by atoms with Gasteiger partial charge in [-0.25, -0.2) is 4.79 Å². The number of nitrogens with zero attached hydrogens (tertiary/aromatic N) is 1. The molecule has 2 N–H and O–H groups in total. The number of amides is 1. The Bertz CT molecular complexity index is 1500. The van der Waals surface area contributed by atoms with Gasteiger partial charge in [-0.2, -0.15) is 0 Å². The molecule has 136 valence electrons. The van der Waals surface area contributed by atoms with Crippen molar-refractivity contribution in [2.75, 3.05) is 5.32 Å². The molecule has 1 aromatic heterocycles. The van der Waals surface area contributed by atoms with Gasteiger partial charge in [0.25, 0.3) is 11.5 Å². The molecule has 1 amide bonds. The zero-order valence-electron chi connectivity index (χ0n) is 14.9. The molecule has 0 atom stereocenters. The number of carbonyl (C=O) groups excluding carboxylic acids is 1. The molecule has 5 rings (SSSR count). The van der Waals surface area contributed by atoms with Crippen molar-refractivity contribution in [2.45, 2.75) is 0 Å². The molecule has 0 aliphatic heterocycles. The first-order valence-corrected chi connectivity index (χ1v) is 8.81. The Morgan fingerprint density at radius 2 is 1.54 bits per heavy atom. The zero-order valence-corrected chi connectivity index (χ0v) is 14.9. The number of aryl methyl sites for hydroxylation is 1. The summed E-state index contributed by atoms with van der Waals surface area (Å²) in [5.74, 6) is -0.563. The second-order valence-electron chi connectivity index (χ2n) is 6.84. The largest absolute Gasteiger partial charge is 0.328 e. The highest BCUT2D eigenvalue weighted by Crippen LogP contribution is 2.37. The molecular formula is C22H15N3O3. The quantitative estimate of drug-likeness (QED) is 0.469. The summed E-state index contributed by atoms with van der Waals surface area (Å²) in [5.41, 5.74) is -0.778. The minimum absolute atomic E-state index is 0.118. The first kappa shape index (κ1) is 16.3. The lowest BCUT2D eigenvalue weighted by Gasteiger charge is -2.14. The van der Waals surface area contributed by atoms with Crippen LogP contribution in [0.5, 0.6) is 0 Å². The van der Waals surface area contributed by atoms with E-state index in [0.717, 1.165) is 32.3 Å². The molecule has 0 bridgehead atoms. The maximum absolute atomic E-state index is 12.7. The molecule has 6 nitrogen and oxygen atoms in total. The Morgan fingerprint density at radius 3 is 2.29 bits per heavy atom. The van der Waals surface area contributed by atoms with Crippen LogP contribution in [0.25, 0.3) is 32.3 Å². The molecule has 0 spiro atoms. The Morgan fingerprint density at radius 1 is 0.893 bits per heavy atom. The number of H-pyrrole nitrogens is 1. The molecule has 0 fully saturated rings. The minimum Gasteiger partial charge on any atom is -0.321 e. The molecule has 0 saturated heterocycles. The fourth-order valence-electron chi connectivity index (χ4n) is 3.76. The topological polar surface area (TPSA) is 84.0 Å². The average molecular weight is 369 g/mol. The third-order valence-electron chi connectivity index (χ3n) is 5.13. The monoisotopic (exact) mass is 369 g/mol. The maximum atomic E-state index is 12.7. The van der Waals surface area contributed by atoms with Crippen molar-refractivity contribution in [3.05, 3.63) is 87.2 Å². The normalized spacial score (nSPS) is 11.5. The van der Waals surface area contributed by atoms with Crippen LogP contribution in [-0.2, 0) is 7.05 Å². The van der Waals surface area contributed by atoms with Crippen molar-refractivity contribution >= 4 is 43.9 Å². The Kier molecular flexibility index (Phi) is 3.36. The van der Waals surface area contributed by atoms with Crippen molar-refractivity contribution in [2.24, 2.45) is 7.05 Å². The predicted octanol–water partition coefficient (Wildman–Crippen LogP) is 3.22. The van der Waals surface area contributed by atoms with Crippen LogP contribution in [0, 0.1) is 0 Å². The Labute approximate surface area is 158 Å². The smallest absolute Gasteiger partial charge is 0.321 e. The summed E-state index contributed by atoms with van der Waals surface area (Å²) in [6.07, 6.45) is 1.24. The van der Waals surface area contributed by atoms with Crippen molar-refractivity contribution in [3.63, 3.8) is 0 Å². The van der Waals surface area contributed by atoms with Crippen LogP contribution in [0.3, 0.4) is 0 Å². The summed E-state index contributed by atoms with van der Waals surface area (Å²) in [6, 6.07) is 18.1. The van der Waals surface area contributed by atoms with Gasteiger partial charge in [0.15, 0.2) is 0 Å². The molecule has 5 aromatic rings. The van der Waals surface area contributed by atoms with Crippen LogP contribution in [0.4, 0.5) is 5.69 Å². The summed E-state index contributed by atoms with van der Waals surface area (Å²) in [7, 11) is 1.48. The fraction of sp³-hybridized carbons (Fsp3) is 0.0455. The number of nitrogens with one attached hydrogen (secondary N) is 2. The van der Waals surface area contributed by atoms with E-state index in [0.29, 0.717) is 5.69 Å². The van der Waals surface area contributed by atoms with E-state index < -0.39 is 17.2 Å². The van der Waals surface area contributed by atoms with E-state index in [4.69, 9.17) is 0 Å². The highest BCUT2D eigenvalue weighted by atomic mass is 16.2. The van der Waals surface area contributed by atoms with Crippen LogP contribution in [0.2, 0.25) is 0 Å². The molecule has 1 heterocycles. The third-order valence-corrected chi connectivity index (χ3v) is 5.13.